The summed E-state index contributed by atoms with van der Waals surface area (Å²) in [6.07, 6.45) is 0. The number of benzene rings is 6. The van der Waals surface area contributed by atoms with Crippen LogP contribution in [0.5, 0.6) is 0 Å². The number of nitrogens with zero attached hydrogens (tertiary/aromatic N) is 4. The largest absolute Gasteiger partial charge is 0.309 e. The Morgan fingerprint density at radius 3 is 2.00 bits per heavy atom. The summed E-state index contributed by atoms with van der Waals surface area (Å²) in [5, 5.41) is 14.8. The van der Waals surface area contributed by atoms with E-state index in [9.17, 15) is 5.26 Å². The van der Waals surface area contributed by atoms with Crippen LogP contribution >= 0.6 is 0 Å². The average Bonchev–Trinajstić information content (AvgIpc) is 3.60. The normalized spacial score (nSPS) is 11.8. The Morgan fingerprint density at radius 1 is 0.630 bits per heavy atom. The molecule has 0 unspecified atom stereocenters. The Kier molecular flexibility index (Phi) is 6.11. The lowest BCUT2D eigenvalue weighted by atomic mass is 9.84. The number of rotatable bonds is 3. The Balaban J connectivity index is 1.46. The fourth-order valence-corrected chi connectivity index (χ4v) is 7.06. The van der Waals surface area contributed by atoms with Gasteiger partial charge in [-0.2, -0.15) is 5.26 Å². The fourth-order valence-electron chi connectivity index (χ4n) is 7.06. The van der Waals surface area contributed by atoms with E-state index < -0.39 is 0 Å². The average molecular weight is 591 g/mol. The minimum Gasteiger partial charge on any atom is -0.309 e. The predicted molar refractivity (Wildman–Crippen MR) is 190 cm³/mol. The van der Waals surface area contributed by atoms with E-state index in [2.05, 4.69) is 156 Å². The summed E-state index contributed by atoms with van der Waals surface area (Å²) in [5.74, 6) is 0. The smallest absolute Gasteiger partial charge is 0.205 e. The standard InChI is InChI=1S/C42H30N4/c1-42(2,3)34-25-35(44-4)28(26-43)24-40(34)46-37-19-11-9-16-33(37)41-30(17-12-20-38(41)46)27-21-22-32-31-15-8-10-18-36(31)45(39(32)23-27)29-13-6-5-7-14-29/h5-25H,1-3H3. The summed E-state index contributed by atoms with van der Waals surface area (Å²) in [6.45, 7) is 14.2. The molecule has 46 heavy (non-hydrogen) atoms. The van der Waals surface area contributed by atoms with Crippen LogP contribution in [-0.4, -0.2) is 9.13 Å². The quantitative estimate of drug-likeness (QED) is 0.189. The highest BCUT2D eigenvalue weighted by Crippen LogP contribution is 2.43. The van der Waals surface area contributed by atoms with Gasteiger partial charge in [-0.25, -0.2) is 4.85 Å². The molecule has 0 radical (unpaired) electrons. The number of fused-ring (bicyclic) bond motifs is 6. The lowest BCUT2D eigenvalue weighted by molar-refractivity contribution is 0.588. The van der Waals surface area contributed by atoms with Crippen LogP contribution < -0.4 is 0 Å². The fraction of sp³-hybridized carbons (Fsp3) is 0.0952. The van der Waals surface area contributed by atoms with Gasteiger partial charge >= 0.3 is 0 Å². The summed E-state index contributed by atoms with van der Waals surface area (Å²) < 4.78 is 4.64. The number of aromatic nitrogens is 2. The summed E-state index contributed by atoms with van der Waals surface area (Å²) in [7, 11) is 0. The molecule has 0 saturated heterocycles. The maximum Gasteiger partial charge on any atom is 0.205 e. The van der Waals surface area contributed by atoms with E-state index in [0.29, 0.717) is 11.3 Å². The maximum absolute atomic E-state index is 10.0. The van der Waals surface area contributed by atoms with Crippen molar-refractivity contribution in [1.82, 2.24) is 9.13 Å². The monoisotopic (exact) mass is 590 g/mol. The highest BCUT2D eigenvalue weighted by atomic mass is 15.0. The lowest BCUT2D eigenvalue weighted by Crippen LogP contribution is -2.15. The van der Waals surface area contributed by atoms with Gasteiger partial charge in [-0.3, -0.25) is 0 Å². The lowest BCUT2D eigenvalue weighted by Gasteiger charge is -2.25. The van der Waals surface area contributed by atoms with Crippen molar-refractivity contribution in [2.24, 2.45) is 0 Å². The van der Waals surface area contributed by atoms with Crippen molar-refractivity contribution < 1.29 is 0 Å². The SMILES string of the molecule is [C-]#[N+]c1cc(C(C)(C)C)c(-n2c3ccccc3c3c(-c4ccc5c6ccccc6n(-c6ccccc6)c5c4)cccc32)cc1C#N. The molecule has 0 spiro atoms. The number of nitriles is 1. The van der Waals surface area contributed by atoms with Crippen LogP contribution in [0.2, 0.25) is 0 Å². The van der Waals surface area contributed by atoms with Crippen molar-refractivity contribution in [1.29, 1.82) is 5.26 Å². The molecule has 218 valence electrons. The van der Waals surface area contributed by atoms with Crippen molar-refractivity contribution in [2.45, 2.75) is 26.2 Å². The van der Waals surface area contributed by atoms with E-state index in [4.69, 9.17) is 6.57 Å². The third kappa shape index (κ3) is 4.05. The van der Waals surface area contributed by atoms with E-state index >= 15 is 0 Å². The molecule has 0 fully saturated rings. The first-order chi connectivity index (χ1) is 22.4. The highest BCUT2D eigenvalue weighted by molar-refractivity contribution is 6.17. The van der Waals surface area contributed by atoms with E-state index in [1.165, 1.54) is 16.3 Å². The number of hydrogen-bond acceptors (Lipinski definition) is 1. The van der Waals surface area contributed by atoms with Gasteiger partial charge in [0.1, 0.15) is 0 Å². The molecule has 0 bridgehead atoms. The van der Waals surface area contributed by atoms with Gasteiger partial charge in [0.2, 0.25) is 5.69 Å². The molecule has 4 heteroatoms. The topological polar surface area (TPSA) is 38.0 Å². The van der Waals surface area contributed by atoms with Gasteiger partial charge in [-0.05, 0) is 70.6 Å². The van der Waals surface area contributed by atoms with Crippen LogP contribution in [0.3, 0.4) is 0 Å². The predicted octanol–water partition coefficient (Wildman–Crippen LogP) is 11.3. The Bertz CT molecular complexity index is 2580. The number of hydrogen-bond donors (Lipinski definition) is 0. The third-order valence-corrected chi connectivity index (χ3v) is 9.10. The molecule has 6 aromatic carbocycles. The summed E-state index contributed by atoms with van der Waals surface area (Å²) in [6, 6.07) is 47.0. The van der Waals surface area contributed by atoms with Gasteiger partial charge in [-0.15, -0.1) is 0 Å². The van der Waals surface area contributed by atoms with Crippen molar-refractivity contribution in [3.63, 3.8) is 0 Å². The van der Waals surface area contributed by atoms with Crippen LogP contribution in [0.15, 0.2) is 127 Å². The molecule has 8 rings (SSSR count). The van der Waals surface area contributed by atoms with Crippen LogP contribution in [0.25, 0.3) is 71.0 Å². The van der Waals surface area contributed by atoms with Crippen molar-refractivity contribution in [2.75, 3.05) is 0 Å². The number of para-hydroxylation sites is 3. The van der Waals surface area contributed by atoms with E-state index in [-0.39, 0.29) is 5.41 Å². The van der Waals surface area contributed by atoms with Gasteiger partial charge in [0, 0.05) is 32.9 Å². The van der Waals surface area contributed by atoms with Gasteiger partial charge < -0.3 is 9.13 Å². The van der Waals surface area contributed by atoms with Crippen LogP contribution in [0, 0.1) is 17.9 Å². The van der Waals surface area contributed by atoms with Crippen LogP contribution in [0.1, 0.15) is 31.9 Å². The molecule has 0 saturated carbocycles. The Labute approximate surface area is 267 Å². The summed E-state index contributed by atoms with van der Waals surface area (Å²) >= 11 is 0. The maximum atomic E-state index is 10.0. The minimum atomic E-state index is -0.256. The molecule has 8 aromatic rings. The zero-order valence-electron chi connectivity index (χ0n) is 25.9. The van der Waals surface area contributed by atoms with Crippen molar-refractivity contribution in [3.8, 4) is 28.6 Å². The molecule has 0 amide bonds. The van der Waals surface area contributed by atoms with Gasteiger partial charge in [0.15, 0.2) is 0 Å². The molecular formula is C42H30N4. The molecule has 0 aliphatic heterocycles. The first-order valence-electron chi connectivity index (χ1n) is 15.5. The molecule has 0 atom stereocenters. The molecule has 0 aliphatic rings. The van der Waals surface area contributed by atoms with Crippen molar-refractivity contribution in [3.05, 3.63) is 150 Å². The first kappa shape index (κ1) is 27.4. The zero-order chi connectivity index (χ0) is 31.6. The third-order valence-electron chi connectivity index (χ3n) is 9.10. The highest BCUT2D eigenvalue weighted by Gasteiger charge is 2.25. The molecule has 2 aromatic heterocycles. The van der Waals surface area contributed by atoms with Crippen LogP contribution in [-0.2, 0) is 5.41 Å². The second-order valence-corrected chi connectivity index (χ2v) is 12.8. The zero-order valence-corrected chi connectivity index (χ0v) is 25.9. The van der Waals surface area contributed by atoms with Gasteiger partial charge in [0.05, 0.1) is 40.3 Å². The van der Waals surface area contributed by atoms with Crippen molar-refractivity contribution >= 4 is 49.3 Å². The van der Waals surface area contributed by atoms with E-state index in [0.717, 1.165) is 55.4 Å². The molecule has 0 N–H and O–H groups in total. The van der Waals surface area contributed by atoms with Gasteiger partial charge in [-0.1, -0.05) is 99.6 Å². The molecule has 4 nitrogen and oxygen atoms in total. The molecule has 2 heterocycles. The van der Waals surface area contributed by atoms with Crippen LogP contribution in [0.4, 0.5) is 5.69 Å². The van der Waals surface area contributed by atoms with Gasteiger partial charge in [0.25, 0.3) is 0 Å². The minimum absolute atomic E-state index is 0.256. The Hall–Kier alpha value is -6.10. The molecule has 0 aliphatic carbocycles. The second-order valence-electron chi connectivity index (χ2n) is 12.8. The second kappa shape index (κ2) is 10.2. The summed E-state index contributed by atoms with van der Waals surface area (Å²) in [5.41, 5.74) is 10.4. The first-order valence-corrected chi connectivity index (χ1v) is 15.5. The Morgan fingerprint density at radius 2 is 1.28 bits per heavy atom. The summed E-state index contributed by atoms with van der Waals surface area (Å²) in [4.78, 5) is 3.70. The molecular weight excluding hydrogens is 560 g/mol. The van der Waals surface area contributed by atoms with E-state index in [1.807, 2.05) is 12.1 Å². The van der Waals surface area contributed by atoms with E-state index in [1.54, 1.807) is 0 Å².